The molecule has 1 amide bonds. The quantitative estimate of drug-likeness (QED) is 0.813. The van der Waals surface area contributed by atoms with Gasteiger partial charge in [-0.3, -0.25) is 4.79 Å². The van der Waals surface area contributed by atoms with Gasteiger partial charge >= 0.3 is 0 Å². The molecule has 1 aromatic rings. The number of fused-ring (bicyclic) bond motifs is 1. The third-order valence-corrected chi connectivity index (χ3v) is 5.30. The first kappa shape index (κ1) is 16.4. The summed E-state index contributed by atoms with van der Waals surface area (Å²) in [7, 11) is 0. The standard InChI is InChI=1S/C18H25N3O.ClH/c19-15-4-1-5-16-14(15)3-2-10-21(16)11-17(22)20-18(12-6-7-12)13-8-9-13;/h1,4-5,12-13,18H,2-3,6-11,19H2,(H,20,22);1H. The van der Waals surface area contributed by atoms with Crippen LogP contribution in [0.2, 0.25) is 0 Å². The van der Waals surface area contributed by atoms with Gasteiger partial charge in [0.15, 0.2) is 0 Å². The average molecular weight is 336 g/mol. The third-order valence-electron chi connectivity index (χ3n) is 5.30. The summed E-state index contributed by atoms with van der Waals surface area (Å²) in [6.45, 7) is 1.41. The van der Waals surface area contributed by atoms with Crippen molar-refractivity contribution in [2.45, 2.75) is 44.6 Å². The van der Waals surface area contributed by atoms with Gasteiger partial charge in [0.2, 0.25) is 5.91 Å². The number of nitrogens with zero attached hydrogens (tertiary/aromatic N) is 1. The minimum absolute atomic E-state index is 0. The highest BCUT2D eigenvalue weighted by molar-refractivity contribution is 5.85. The minimum atomic E-state index is 0. The van der Waals surface area contributed by atoms with Gasteiger partial charge in [0.25, 0.3) is 0 Å². The first-order valence-corrected chi connectivity index (χ1v) is 8.64. The van der Waals surface area contributed by atoms with Crippen molar-refractivity contribution >= 4 is 29.7 Å². The number of nitrogens with two attached hydrogens (primary N) is 1. The highest BCUT2D eigenvalue weighted by atomic mass is 35.5. The van der Waals surface area contributed by atoms with Crippen LogP contribution in [-0.4, -0.2) is 25.0 Å². The smallest absolute Gasteiger partial charge is 0.239 e. The molecule has 0 spiro atoms. The predicted molar refractivity (Wildman–Crippen MR) is 96.0 cm³/mol. The number of halogens is 1. The number of carbonyl (C=O) groups is 1. The summed E-state index contributed by atoms with van der Waals surface area (Å²) >= 11 is 0. The molecule has 0 saturated heterocycles. The van der Waals surface area contributed by atoms with E-state index in [4.69, 9.17) is 5.73 Å². The number of rotatable bonds is 5. The molecule has 2 aliphatic carbocycles. The third kappa shape index (κ3) is 3.57. The number of nitrogen functional groups attached to an aromatic ring is 1. The molecular formula is C18H26ClN3O. The molecule has 126 valence electrons. The van der Waals surface area contributed by atoms with Crippen LogP contribution in [0.4, 0.5) is 11.4 Å². The number of anilines is 2. The number of carbonyl (C=O) groups excluding carboxylic acids is 1. The van der Waals surface area contributed by atoms with Gasteiger partial charge in [-0.05, 0) is 68.1 Å². The lowest BCUT2D eigenvalue weighted by atomic mass is 10.00. The Morgan fingerprint density at radius 1 is 1.26 bits per heavy atom. The van der Waals surface area contributed by atoms with Gasteiger partial charge in [-0.2, -0.15) is 0 Å². The first-order chi connectivity index (χ1) is 10.7. The molecule has 23 heavy (non-hydrogen) atoms. The predicted octanol–water partition coefficient (Wildman–Crippen LogP) is 2.75. The summed E-state index contributed by atoms with van der Waals surface area (Å²) < 4.78 is 0. The molecule has 0 atom stereocenters. The fraction of sp³-hybridized carbons (Fsp3) is 0.611. The lowest BCUT2D eigenvalue weighted by Gasteiger charge is -2.32. The zero-order chi connectivity index (χ0) is 15.1. The molecule has 3 aliphatic rings. The van der Waals surface area contributed by atoms with Crippen molar-refractivity contribution in [2.75, 3.05) is 23.7 Å². The summed E-state index contributed by atoms with van der Waals surface area (Å²) in [4.78, 5) is 14.7. The van der Waals surface area contributed by atoms with Crippen LogP contribution in [-0.2, 0) is 11.2 Å². The second kappa shape index (κ2) is 6.60. The average Bonchev–Trinajstić information content (AvgIpc) is 3.39. The van der Waals surface area contributed by atoms with E-state index in [9.17, 15) is 4.79 Å². The van der Waals surface area contributed by atoms with Gasteiger partial charge < -0.3 is 16.0 Å². The van der Waals surface area contributed by atoms with E-state index in [0.717, 1.165) is 42.6 Å². The lowest BCUT2D eigenvalue weighted by Crippen LogP contribution is -2.45. The summed E-state index contributed by atoms with van der Waals surface area (Å²) in [5.41, 5.74) is 9.30. The largest absolute Gasteiger partial charge is 0.398 e. The van der Waals surface area contributed by atoms with E-state index in [0.29, 0.717) is 12.6 Å². The van der Waals surface area contributed by atoms with Crippen molar-refractivity contribution < 1.29 is 4.79 Å². The summed E-state index contributed by atoms with van der Waals surface area (Å²) in [5.74, 6) is 1.68. The van der Waals surface area contributed by atoms with Crippen LogP contribution in [0.25, 0.3) is 0 Å². The molecule has 5 heteroatoms. The van der Waals surface area contributed by atoms with Crippen molar-refractivity contribution in [3.05, 3.63) is 23.8 Å². The highest BCUT2D eigenvalue weighted by Gasteiger charge is 2.42. The summed E-state index contributed by atoms with van der Waals surface area (Å²) in [5, 5.41) is 3.32. The van der Waals surface area contributed by atoms with E-state index >= 15 is 0 Å². The molecule has 1 heterocycles. The molecular weight excluding hydrogens is 310 g/mol. The Balaban J connectivity index is 0.00000156. The SMILES string of the molecule is Cl.Nc1cccc2c1CCCN2CC(=O)NC(C1CC1)C1CC1. The number of hydrogen-bond donors (Lipinski definition) is 2. The highest BCUT2D eigenvalue weighted by Crippen LogP contribution is 2.44. The lowest BCUT2D eigenvalue weighted by molar-refractivity contribution is -0.120. The monoisotopic (exact) mass is 335 g/mol. The fourth-order valence-corrected chi connectivity index (χ4v) is 3.83. The zero-order valence-corrected chi connectivity index (χ0v) is 14.3. The molecule has 2 saturated carbocycles. The van der Waals surface area contributed by atoms with E-state index in [-0.39, 0.29) is 18.3 Å². The van der Waals surface area contributed by atoms with Gasteiger partial charge in [0, 0.05) is 24.0 Å². The molecule has 2 fully saturated rings. The normalized spacial score (nSPS) is 20.0. The number of amides is 1. The Morgan fingerprint density at radius 3 is 2.61 bits per heavy atom. The Bertz CT molecular complexity index is 572. The first-order valence-electron chi connectivity index (χ1n) is 8.64. The van der Waals surface area contributed by atoms with Crippen LogP contribution < -0.4 is 16.0 Å². The van der Waals surface area contributed by atoms with Gasteiger partial charge in [-0.1, -0.05) is 6.07 Å². The van der Waals surface area contributed by atoms with Gasteiger partial charge in [0.05, 0.1) is 6.54 Å². The Kier molecular flexibility index (Phi) is 4.72. The van der Waals surface area contributed by atoms with Crippen LogP contribution in [0.3, 0.4) is 0 Å². The molecule has 4 nitrogen and oxygen atoms in total. The molecule has 1 aromatic carbocycles. The van der Waals surface area contributed by atoms with Crippen LogP contribution >= 0.6 is 12.4 Å². The maximum atomic E-state index is 12.5. The van der Waals surface area contributed by atoms with Gasteiger partial charge in [0.1, 0.15) is 0 Å². The molecule has 4 rings (SSSR count). The van der Waals surface area contributed by atoms with E-state index in [2.05, 4.69) is 16.3 Å². The van der Waals surface area contributed by atoms with Crippen molar-refractivity contribution in [3.63, 3.8) is 0 Å². The fourth-order valence-electron chi connectivity index (χ4n) is 3.83. The molecule has 0 bridgehead atoms. The van der Waals surface area contributed by atoms with Crippen molar-refractivity contribution in [1.29, 1.82) is 0 Å². The number of nitrogens with one attached hydrogen (secondary N) is 1. The Morgan fingerprint density at radius 2 is 1.96 bits per heavy atom. The van der Waals surface area contributed by atoms with Gasteiger partial charge in [-0.15, -0.1) is 12.4 Å². The van der Waals surface area contributed by atoms with Gasteiger partial charge in [-0.25, -0.2) is 0 Å². The van der Waals surface area contributed by atoms with E-state index in [1.54, 1.807) is 0 Å². The second-order valence-corrected chi connectivity index (χ2v) is 7.14. The molecule has 0 aromatic heterocycles. The Labute approximate surface area is 144 Å². The topological polar surface area (TPSA) is 58.4 Å². The van der Waals surface area contributed by atoms with Crippen LogP contribution in [0.1, 0.15) is 37.7 Å². The maximum Gasteiger partial charge on any atom is 0.239 e. The molecule has 0 unspecified atom stereocenters. The second-order valence-electron chi connectivity index (χ2n) is 7.14. The number of benzene rings is 1. The minimum Gasteiger partial charge on any atom is -0.398 e. The van der Waals surface area contributed by atoms with Crippen LogP contribution in [0.5, 0.6) is 0 Å². The molecule has 1 aliphatic heterocycles. The Hall–Kier alpha value is -1.42. The van der Waals surface area contributed by atoms with Crippen LogP contribution in [0, 0.1) is 11.8 Å². The van der Waals surface area contributed by atoms with Crippen molar-refractivity contribution in [3.8, 4) is 0 Å². The summed E-state index contributed by atoms with van der Waals surface area (Å²) in [6, 6.07) is 6.48. The van der Waals surface area contributed by atoms with Crippen molar-refractivity contribution in [1.82, 2.24) is 5.32 Å². The van der Waals surface area contributed by atoms with Crippen molar-refractivity contribution in [2.24, 2.45) is 11.8 Å². The van der Waals surface area contributed by atoms with Crippen LogP contribution in [0.15, 0.2) is 18.2 Å². The van der Waals surface area contributed by atoms with E-state index in [1.807, 2.05) is 12.1 Å². The molecule has 0 radical (unpaired) electrons. The number of hydrogen-bond acceptors (Lipinski definition) is 3. The zero-order valence-electron chi connectivity index (χ0n) is 13.5. The van der Waals surface area contributed by atoms with E-state index in [1.165, 1.54) is 31.2 Å². The maximum absolute atomic E-state index is 12.5. The summed E-state index contributed by atoms with van der Waals surface area (Å²) in [6.07, 6.45) is 7.28. The van der Waals surface area contributed by atoms with E-state index < -0.39 is 0 Å². The molecule has 3 N–H and O–H groups in total.